The zero-order valence-corrected chi connectivity index (χ0v) is 10.1. The molecular weight excluding hydrogens is 218 g/mol. The fraction of sp³-hybridized carbons (Fsp3) is 0.462. The monoisotopic (exact) mass is 235 g/mol. The first-order valence-corrected chi connectivity index (χ1v) is 5.63. The standard InChI is InChI=1S/C13H17NO3/c1-10-3-4-11(7-12(10)16-2)13(8-14-15)5-6-17-9-13/h3-4,7-8,15H,5-6,9H2,1-2H3/b14-8-. The number of rotatable bonds is 3. The smallest absolute Gasteiger partial charge is 0.122 e. The largest absolute Gasteiger partial charge is 0.496 e. The topological polar surface area (TPSA) is 51.0 Å². The van der Waals surface area contributed by atoms with E-state index >= 15 is 0 Å². The van der Waals surface area contributed by atoms with E-state index in [1.807, 2.05) is 25.1 Å². The number of benzene rings is 1. The third-order valence-electron chi connectivity index (χ3n) is 3.34. The highest BCUT2D eigenvalue weighted by atomic mass is 16.5. The second kappa shape index (κ2) is 4.75. The van der Waals surface area contributed by atoms with Crippen molar-refractivity contribution in [2.24, 2.45) is 5.16 Å². The van der Waals surface area contributed by atoms with Crippen molar-refractivity contribution >= 4 is 6.21 Å². The van der Waals surface area contributed by atoms with Crippen molar-refractivity contribution in [2.45, 2.75) is 18.8 Å². The van der Waals surface area contributed by atoms with Crippen molar-refractivity contribution in [1.82, 2.24) is 0 Å². The van der Waals surface area contributed by atoms with Crippen LogP contribution in [0, 0.1) is 6.92 Å². The summed E-state index contributed by atoms with van der Waals surface area (Å²) in [7, 11) is 1.66. The molecule has 92 valence electrons. The fourth-order valence-corrected chi connectivity index (χ4v) is 2.22. The van der Waals surface area contributed by atoms with Gasteiger partial charge >= 0.3 is 0 Å². The van der Waals surface area contributed by atoms with Crippen molar-refractivity contribution in [3.8, 4) is 5.75 Å². The van der Waals surface area contributed by atoms with Gasteiger partial charge in [-0.05, 0) is 30.5 Å². The summed E-state index contributed by atoms with van der Waals surface area (Å²) in [5.74, 6) is 0.847. The summed E-state index contributed by atoms with van der Waals surface area (Å²) in [5, 5.41) is 12.0. The van der Waals surface area contributed by atoms with Crippen LogP contribution in [0.1, 0.15) is 17.5 Å². The Labute approximate surface area is 101 Å². The van der Waals surface area contributed by atoms with Crippen LogP contribution in [0.2, 0.25) is 0 Å². The normalized spacial score (nSPS) is 24.4. The van der Waals surface area contributed by atoms with Crippen LogP contribution in [-0.4, -0.2) is 31.7 Å². The Bertz CT molecular complexity index is 423. The van der Waals surface area contributed by atoms with E-state index in [0.717, 1.165) is 23.3 Å². The predicted molar refractivity (Wildman–Crippen MR) is 65.1 cm³/mol. The zero-order chi connectivity index (χ0) is 12.3. The van der Waals surface area contributed by atoms with E-state index in [2.05, 4.69) is 5.16 Å². The van der Waals surface area contributed by atoms with E-state index in [-0.39, 0.29) is 5.41 Å². The van der Waals surface area contributed by atoms with Crippen LogP contribution in [0.15, 0.2) is 23.4 Å². The van der Waals surface area contributed by atoms with Gasteiger partial charge in [0.1, 0.15) is 5.75 Å². The Morgan fingerprint density at radius 2 is 2.35 bits per heavy atom. The van der Waals surface area contributed by atoms with Gasteiger partial charge in [-0.25, -0.2) is 0 Å². The molecule has 4 heteroatoms. The Kier molecular flexibility index (Phi) is 3.33. The Morgan fingerprint density at radius 1 is 1.53 bits per heavy atom. The van der Waals surface area contributed by atoms with E-state index in [9.17, 15) is 0 Å². The number of nitrogens with zero attached hydrogens (tertiary/aromatic N) is 1. The van der Waals surface area contributed by atoms with Gasteiger partial charge in [-0.3, -0.25) is 0 Å². The summed E-state index contributed by atoms with van der Waals surface area (Å²) in [6, 6.07) is 6.04. The second-order valence-electron chi connectivity index (χ2n) is 4.39. The molecule has 1 N–H and O–H groups in total. The van der Waals surface area contributed by atoms with E-state index in [4.69, 9.17) is 14.7 Å². The molecule has 0 bridgehead atoms. The van der Waals surface area contributed by atoms with Crippen molar-refractivity contribution in [1.29, 1.82) is 0 Å². The van der Waals surface area contributed by atoms with Gasteiger partial charge in [0.05, 0.1) is 25.3 Å². The van der Waals surface area contributed by atoms with Crippen LogP contribution in [0.3, 0.4) is 0 Å². The van der Waals surface area contributed by atoms with Gasteiger partial charge in [0.15, 0.2) is 0 Å². The number of hydrogen-bond acceptors (Lipinski definition) is 4. The molecular formula is C13H17NO3. The zero-order valence-electron chi connectivity index (χ0n) is 10.1. The highest BCUT2D eigenvalue weighted by Gasteiger charge is 2.36. The lowest BCUT2D eigenvalue weighted by Crippen LogP contribution is -2.28. The average molecular weight is 235 g/mol. The molecule has 1 aliphatic heterocycles. The van der Waals surface area contributed by atoms with E-state index in [1.54, 1.807) is 13.3 Å². The maximum Gasteiger partial charge on any atom is 0.122 e. The molecule has 1 fully saturated rings. The van der Waals surface area contributed by atoms with Gasteiger partial charge in [0, 0.05) is 6.61 Å². The van der Waals surface area contributed by atoms with Gasteiger partial charge in [0.2, 0.25) is 0 Å². The summed E-state index contributed by atoms with van der Waals surface area (Å²) in [6.07, 6.45) is 2.38. The van der Waals surface area contributed by atoms with Crippen molar-refractivity contribution < 1.29 is 14.7 Å². The molecule has 0 spiro atoms. The number of ether oxygens (including phenoxy) is 2. The van der Waals surface area contributed by atoms with Crippen molar-refractivity contribution in [2.75, 3.05) is 20.3 Å². The molecule has 1 aliphatic rings. The minimum atomic E-state index is -0.324. The minimum Gasteiger partial charge on any atom is -0.496 e. The molecule has 1 aromatic rings. The molecule has 1 atom stereocenters. The van der Waals surface area contributed by atoms with E-state index < -0.39 is 0 Å². The summed E-state index contributed by atoms with van der Waals surface area (Å²) in [6.45, 7) is 3.23. The van der Waals surface area contributed by atoms with Crippen LogP contribution < -0.4 is 4.74 Å². The maximum atomic E-state index is 8.82. The van der Waals surface area contributed by atoms with Gasteiger partial charge < -0.3 is 14.7 Å². The molecule has 0 aliphatic carbocycles. The molecule has 1 unspecified atom stereocenters. The van der Waals surface area contributed by atoms with E-state index in [1.165, 1.54) is 0 Å². The number of oxime groups is 1. The van der Waals surface area contributed by atoms with Crippen LogP contribution in [0.5, 0.6) is 5.75 Å². The van der Waals surface area contributed by atoms with Gasteiger partial charge in [-0.2, -0.15) is 0 Å². The number of aryl methyl sites for hydroxylation is 1. The molecule has 4 nitrogen and oxygen atoms in total. The van der Waals surface area contributed by atoms with Crippen LogP contribution in [0.25, 0.3) is 0 Å². The van der Waals surface area contributed by atoms with Gasteiger partial charge in [-0.15, -0.1) is 5.16 Å². The summed E-state index contributed by atoms with van der Waals surface area (Å²) < 4.78 is 10.7. The summed E-state index contributed by atoms with van der Waals surface area (Å²) in [4.78, 5) is 0. The molecule has 1 saturated heterocycles. The van der Waals surface area contributed by atoms with Crippen LogP contribution >= 0.6 is 0 Å². The summed E-state index contributed by atoms with van der Waals surface area (Å²) >= 11 is 0. The third-order valence-corrected chi connectivity index (χ3v) is 3.34. The lowest BCUT2D eigenvalue weighted by Gasteiger charge is -2.23. The lowest BCUT2D eigenvalue weighted by atomic mass is 9.80. The first kappa shape index (κ1) is 11.9. The minimum absolute atomic E-state index is 0.324. The molecule has 0 amide bonds. The first-order chi connectivity index (χ1) is 8.22. The Morgan fingerprint density at radius 3 is 2.94 bits per heavy atom. The first-order valence-electron chi connectivity index (χ1n) is 5.63. The summed E-state index contributed by atoms with van der Waals surface area (Å²) in [5.41, 5.74) is 1.83. The maximum absolute atomic E-state index is 8.82. The lowest BCUT2D eigenvalue weighted by molar-refractivity contribution is 0.187. The SMILES string of the molecule is COc1cc(C2(/C=N\O)CCOC2)ccc1C. The third kappa shape index (κ3) is 2.13. The quantitative estimate of drug-likeness (QED) is 0.496. The predicted octanol–water partition coefficient (Wildman–Crippen LogP) is 2.12. The molecule has 0 saturated carbocycles. The van der Waals surface area contributed by atoms with E-state index in [0.29, 0.717) is 13.2 Å². The highest BCUT2D eigenvalue weighted by Crippen LogP contribution is 2.34. The van der Waals surface area contributed by atoms with Crippen LogP contribution in [-0.2, 0) is 10.2 Å². The van der Waals surface area contributed by atoms with Gasteiger partial charge in [-0.1, -0.05) is 12.1 Å². The Balaban J connectivity index is 2.43. The molecule has 0 aromatic heterocycles. The molecule has 1 heterocycles. The number of methoxy groups -OCH3 is 1. The molecule has 1 aromatic carbocycles. The van der Waals surface area contributed by atoms with Crippen molar-refractivity contribution in [3.63, 3.8) is 0 Å². The number of hydrogen-bond donors (Lipinski definition) is 1. The second-order valence-corrected chi connectivity index (χ2v) is 4.39. The highest BCUT2D eigenvalue weighted by molar-refractivity contribution is 5.74. The average Bonchev–Trinajstić information content (AvgIpc) is 2.80. The van der Waals surface area contributed by atoms with Crippen molar-refractivity contribution in [3.05, 3.63) is 29.3 Å². The molecule has 0 radical (unpaired) electrons. The molecule has 2 rings (SSSR count). The van der Waals surface area contributed by atoms with Crippen LogP contribution in [0.4, 0.5) is 0 Å². The van der Waals surface area contributed by atoms with Gasteiger partial charge in [0.25, 0.3) is 0 Å². The fourth-order valence-electron chi connectivity index (χ4n) is 2.22. The molecule has 17 heavy (non-hydrogen) atoms. The Hall–Kier alpha value is -1.55.